The van der Waals surface area contributed by atoms with Gasteiger partial charge in [0.2, 0.25) is 18.6 Å². The van der Waals surface area contributed by atoms with Crippen molar-refractivity contribution in [3.63, 3.8) is 0 Å². The molecule has 1 heterocycles. The Balaban J connectivity index is 1.60. The van der Waals surface area contributed by atoms with Crippen LogP contribution in [0.25, 0.3) is 0 Å². The minimum Gasteiger partial charge on any atom is -0.454 e. The maximum absolute atomic E-state index is 14.6. The van der Waals surface area contributed by atoms with Crippen molar-refractivity contribution in [1.29, 1.82) is 0 Å². The molecule has 4 rings (SSSR count). The van der Waals surface area contributed by atoms with Crippen molar-refractivity contribution in [2.45, 2.75) is 51.7 Å². The molecule has 1 atom stereocenters. The molecule has 0 aromatic heterocycles. The second-order valence-electron chi connectivity index (χ2n) is 9.17. The number of carbonyl (C=O) groups is 2. The minimum absolute atomic E-state index is 0.00430. The molecule has 0 spiro atoms. The van der Waals surface area contributed by atoms with Crippen LogP contribution in [0.4, 0.5) is 4.39 Å². The van der Waals surface area contributed by atoms with Crippen LogP contribution in [-0.2, 0) is 29.0 Å². The SMILES string of the molecule is CC(C)NC(=O)[C@@H](Cc1ccccc1)N(Cc1ccccc1F)C(=O)CCc1ccc2c(c1)OCO2. The molecule has 1 aliphatic rings. The van der Waals surface area contributed by atoms with Gasteiger partial charge in [0, 0.05) is 31.0 Å². The molecule has 188 valence electrons. The zero-order chi connectivity index (χ0) is 25.5. The fraction of sp³-hybridized carbons (Fsp3) is 0.310. The van der Waals surface area contributed by atoms with Crippen molar-refractivity contribution >= 4 is 11.8 Å². The summed E-state index contributed by atoms with van der Waals surface area (Å²) >= 11 is 0. The van der Waals surface area contributed by atoms with Gasteiger partial charge in [-0.1, -0.05) is 54.6 Å². The molecule has 1 aliphatic heterocycles. The second kappa shape index (κ2) is 11.7. The van der Waals surface area contributed by atoms with Gasteiger partial charge >= 0.3 is 0 Å². The van der Waals surface area contributed by atoms with Crippen LogP contribution >= 0.6 is 0 Å². The first-order valence-corrected chi connectivity index (χ1v) is 12.2. The van der Waals surface area contributed by atoms with E-state index in [-0.39, 0.29) is 37.6 Å². The molecule has 0 bridgehead atoms. The summed E-state index contributed by atoms with van der Waals surface area (Å²) in [5, 5.41) is 2.94. The molecule has 0 saturated carbocycles. The Kier molecular flexibility index (Phi) is 8.21. The Morgan fingerprint density at radius 1 is 0.944 bits per heavy atom. The first kappa shape index (κ1) is 25.2. The third-order valence-electron chi connectivity index (χ3n) is 6.07. The van der Waals surface area contributed by atoms with E-state index < -0.39 is 11.9 Å². The number of ether oxygens (including phenoxy) is 2. The Morgan fingerprint density at radius 2 is 1.67 bits per heavy atom. The third-order valence-corrected chi connectivity index (χ3v) is 6.07. The molecule has 36 heavy (non-hydrogen) atoms. The smallest absolute Gasteiger partial charge is 0.243 e. The molecule has 1 N–H and O–H groups in total. The number of aryl methyl sites for hydroxylation is 1. The van der Waals surface area contributed by atoms with E-state index in [0.29, 0.717) is 29.9 Å². The van der Waals surface area contributed by atoms with E-state index in [0.717, 1.165) is 11.1 Å². The number of nitrogens with one attached hydrogen (secondary N) is 1. The molecule has 0 aliphatic carbocycles. The summed E-state index contributed by atoms with van der Waals surface area (Å²) in [4.78, 5) is 28.5. The molecule has 0 saturated heterocycles. The van der Waals surface area contributed by atoms with E-state index in [1.807, 2.05) is 62.4 Å². The maximum atomic E-state index is 14.6. The standard InChI is InChI=1S/C29H31FN2O4/c1-20(2)31-29(34)25(16-21-8-4-3-5-9-21)32(18-23-10-6-7-11-24(23)30)28(33)15-13-22-12-14-26-27(17-22)36-19-35-26/h3-12,14,17,20,25H,13,15-16,18-19H2,1-2H3,(H,31,34)/t25-/m1/s1. The van der Waals surface area contributed by atoms with E-state index in [4.69, 9.17) is 9.47 Å². The van der Waals surface area contributed by atoms with Crippen molar-refractivity contribution in [2.75, 3.05) is 6.79 Å². The molecule has 3 aromatic rings. The summed E-state index contributed by atoms with van der Waals surface area (Å²) in [6.45, 7) is 3.93. The van der Waals surface area contributed by atoms with Gasteiger partial charge in [-0.25, -0.2) is 4.39 Å². The molecule has 0 radical (unpaired) electrons. The zero-order valence-corrected chi connectivity index (χ0v) is 20.6. The molecule has 3 aromatic carbocycles. The van der Waals surface area contributed by atoms with Gasteiger partial charge < -0.3 is 19.7 Å². The average molecular weight is 491 g/mol. The topological polar surface area (TPSA) is 67.9 Å². The molecule has 0 fully saturated rings. The predicted octanol–water partition coefficient (Wildman–Crippen LogP) is 4.65. The van der Waals surface area contributed by atoms with Gasteiger partial charge in [0.25, 0.3) is 0 Å². The highest BCUT2D eigenvalue weighted by atomic mass is 19.1. The molecule has 7 heteroatoms. The maximum Gasteiger partial charge on any atom is 0.243 e. The summed E-state index contributed by atoms with van der Waals surface area (Å²) in [5.74, 6) is 0.437. The van der Waals surface area contributed by atoms with E-state index in [1.54, 1.807) is 18.2 Å². The number of rotatable bonds is 10. The summed E-state index contributed by atoms with van der Waals surface area (Å²) < 4.78 is 25.4. The number of benzene rings is 3. The molecular weight excluding hydrogens is 459 g/mol. The summed E-state index contributed by atoms with van der Waals surface area (Å²) in [6.07, 6.45) is 0.936. The van der Waals surface area contributed by atoms with Crippen molar-refractivity contribution in [3.05, 3.63) is 95.3 Å². The largest absolute Gasteiger partial charge is 0.454 e. The lowest BCUT2D eigenvalue weighted by molar-refractivity contribution is -0.141. The quantitative estimate of drug-likeness (QED) is 0.449. The van der Waals surface area contributed by atoms with Crippen LogP contribution in [0, 0.1) is 5.82 Å². The van der Waals surface area contributed by atoms with E-state index in [1.165, 1.54) is 11.0 Å². The van der Waals surface area contributed by atoms with Crippen LogP contribution in [0.2, 0.25) is 0 Å². The number of halogens is 1. The summed E-state index contributed by atoms with van der Waals surface area (Å²) in [5.41, 5.74) is 2.21. The Hall–Kier alpha value is -3.87. The highest BCUT2D eigenvalue weighted by molar-refractivity contribution is 5.88. The lowest BCUT2D eigenvalue weighted by Gasteiger charge is -2.32. The van der Waals surface area contributed by atoms with Gasteiger partial charge in [-0.2, -0.15) is 0 Å². The minimum atomic E-state index is -0.793. The second-order valence-corrected chi connectivity index (χ2v) is 9.17. The van der Waals surface area contributed by atoms with Gasteiger partial charge in [0.1, 0.15) is 11.9 Å². The van der Waals surface area contributed by atoms with Crippen LogP contribution in [0.5, 0.6) is 11.5 Å². The van der Waals surface area contributed by atoms with Crippen LogP contribution in [0.15, 0.2) is 72.8 Å². The monoisotopic (exact) mass is 490 g/mol. The zero-order valence-electron chi connectivity index (χ0n) is 20.6. The van der Waals surface area contributed by atoms with Crippen molar-refractivity contribution in [1.82, 2.24) is 10.2 Å². The summed E-state index contributed by atoms with van der Waals surface area (Å²) in [6, 6.07) is 20.6. The number of nitrogens with zero attached hydrogens (tertiary/aromatic N) is 1. The number of fused-ring (bicyclic) bond motifs is 1. The Bertz CT molecular complexity index is 1200. The van der Waals surface area contributed by atoms with Gasteiger partial charge in [0.05, 0.1) is 0 Å². The lowest BCUT2D eigenvalue weighted by Crippen LogP contribution is -2.52. The first-order valence-electron chi connectivity index (χ1n) is 12.2. The van der Waals surface area contributed by atoms with Gasteiger partial charge in [-0.15, -0.1) is 0 Å². The van der Waals surface area contributed by atoms with Crippen LogP contribution in [-0.4, -0.2) is 35.6 Å². The van der Waals surface area contributed by atoms with E-state index in [9.17, 15) is 14.0 Å². The molecular formula is C29H31FN2O4. The van der Waals surface area contributed by atoms with Gasteiger partial charge in [0.15, 0.2) is 11.5 Å². The fourth-order valence-electron chi connectivity index (χ4n) is 4.24. The van der Waals surface area contributed by atoms with Gasteiger partial charge in [-0.3, -0.25) is 9.59 Å². The predicted molar refractivity (Wildman–Crippen MR) is 135 cm³/mol. The lowest BCUT2D eigenvalue weighted by atomic mass is 10.0. The van der Waals surface area contributed by atoms with Crippen molar-refractivity contribution in [2.24, 2.45) is 0 Å². The van der Waals surface area contributed by atoms with Crippen molar-refractivity contribution in [3.8, 4) is 11.5 Å². The fourth-order valence-corrected chi connectivity index (χ4v) is 4.24. The highest BCUT2D eigenvalue weighted by Gasteiger charge is 2.31. The highest BCUT2D eigenvalue weighted by Crippen LogP contribution is 2.33. The Labute approximate surface area is 211 Å². The van der Waals surface area contributed by atoms with Gasteiger partial charge in [-0.05, 0) is 49.6 Å². The normalized spacial score (nSPS) is 12.9. The third kappa shape index (κ3) is 6.42. The van der Waals surface area contributed by atoms with Crippen LogP contribution < -0.4 is 14.8 Å². The molecule has 6 nitrogen and oxygen atoms in total. The molecule has 2 amide bonds. The number of hydrogen-bond acceptors (Lipinski definition) is 4. The number of amides is 2. The van der Waals surface area contributed by atoms with Crippen LogP contribution in [0.3, 0.4) is 0 Å². The van der Waals surface area contributed by atoms with Crippen molar-refractivity contribution < 1.29 is 23.5 Å². The van der Waals surface area contributed by atoms with Crippen LogP contribution in [0.1, 0.15) is 37.0 Å². The number of carbonyl (C=O) groups excluding carboxylic acids is 2. The Morgan fingerprint density at radius 3 is 2.42 bits per heavy atom. The summed E-state index contributed by atoms with van der Waals surface area (Å²) in [7, 11) is 0. The van der Waals surface area contributed by atoms with E-state index >= 15 is 0 Å². The number of hydrogen-bond donors (Lipinski definition) is 1. The average Bonchev–Trinajstić information content (AvgIpc) is 3.34. The van der Waals surface area contributed by atoms with E-state index in [2.05, 4.69) is 5.32 Å². The first-order chi connectivity index (χ1) is 17.4. The molecule has 0 unspecified atom stereocenters.